The van der Waals surface area contributed by atoms with Crippen LogP contribution in [0.5, 0.6) is 0 Å². The lowest BCUT2D eigenvalue weighted by Crippen LogP contribution is -1.98. The molecule has 0 atom stereocenters. The summed E-state index contributed by atoms with van der Waals surface area (Å²) in [4.78, 5) is 20.4. The van der Waals surface area contributed by atoms with Crippen LogP contribution in [0.2, 0.25) is 0 Å². The van der Waals surface area contributed by atoms with E-state index in [9.17, 15) is 18.4 Å². The average molecular weight is 280 g/mol. The first-order valence-corrected chi connectivity index (χ1v) is 5.39. The van der Waals surface area contributed by atoms with Crippen LogP contribution in [0.1, 0.15) is 20.7 Å². The fraction of sp³-hybridized carbons (Fsp3) is 0. The second-order valence-electron chi connectivity index (χ2n) is 3.57. The summed E-state index contributed by atoms with van der Waals surface area (Å²) in [5, 5.41) is 16.7. The number of hydrogen-bond acceptors (Lipinski definition) is 2. The van der Waals surface area contributed by atoms with Crippen molar-refractivity contribution in [3.63, 3.8) is 0 Å². The Balaban J connectivity index is 0.000000200. The Labute approximate surface area is 112 Å². The van der Waals surface area contributed by atoms with Gasteiger partial charge in [-0.25, -0.2) is 18.4 Å². The first kappa shape index (κ1) is 15.3. The van der Waals surface area contributed by atoms with E-state index in [4.69, 9.17) is 10.2 Å². The van der Waals surface area contributed by atoms with Crippen LogP contribution in [0.15, 0.2) is 48.5 Å². The molecule has 0 saturated carbocycles. The van der Waals surface area contributed by atoms with E-state index in [1.807, 2.05) is 0 Å². The molecule has 6 heteroatoms. The standard InChI is InChI=1S/2C7H5FO2/c2*8-6-4-2-1-3-5(6)7(9)10/h2*1-4H,(H,9,10). The quantitative estimate of drug-likeness (QED) is 0.886. The van der Waals surface area contributed by atoms with Gasteiger partial charge in [0.2, 0.25) is 0 Å². The molecule has 0 fully saturated rings. The van der Waals surface area contributed by atoms with Crippen molar-refractivity contribution in [2.75, 3.05) is 0 Å². The number of carboxylic acids is 2. The predicted octanol–water partition coefficient (Wildman–Crippen LogP) is 3.05. The summed E-state index contributed by atoms with van der Waals surface area (Å²) in [6.45, 7) is 0. The van der Waals surface area contributed by atoms with Crippen LogP contribution in [-0.2, 0) is 0 Å². The lowest BCUT2D eigenvalue weighted by atomic mass is 10.2. The summed E-state index contributed by atoms with van der Waals surface area (Å²) in [6.07, 6.45) is 0. The third-order valence-corrected chi connectivity index (χ3v) is 2.21. The van der Waals surface area contributed by atoms with Crippen LogP contribution in [0.4, 0.5) is 8.78 Å². The van der Waals surface area contributed by atoms with E-state index in [1.165, 1.54) is 36.4 Å². The molecule has 104 valence electrons. The van der Waals surface area contributed by atoms with Gasteiger partial charge < -0.3 is 10.2 Å². The third kappa shape index (κ3) is 4.16. The van der Waals surface area contributed by atoms with Crippen molar-refractivity contribution >= 4 is 11.9 Å². The van der Waals surface area contributed by atoms with Gasteiger partial charge in [0.1, 0.15) is 11.6 Å². The maximum absolute atomic E-state index is 12.5. The zero-order valence-corrected chi connectivity index (χ0v) is 10.1. The molecule has 0 bridgehead atoms. The first-order valence-electron chi connectivity index (χ1n) is 5.39. The van der Waals surface area contributed by atoms with Crippen molar-refractivity contribution in [3.05, 3.63) is 71.3 Å². The van der Waals surface area contributed by atoms with E-state index in [-0.39, 0.29) is 11.1 Å². The van der Waals surface area contributed by atoms with Crippen molar-refractivity contribution in [1.82, 2.24) is 0 Å². The van der Waals surface area contributed by atoms with Gasteiger partial charge in [0, 0.05) is 0 Å². The smallest absolute Gasteiger partial charge is 0.338 e. The highest BCUT2D eigenvalue weighted by Gasteiger charge is 2.07. The van der Waals surface area contributed by atoms with Gasteiger partial charge in [0.15, 0.2) is 0 Å². The average Bonchev–Trinajstić information content (AvgIpc) is 2.40. The SMILES string of the molecule is O=C(O)c1ccccc1F.O=C(O)c1ccccc1F. The van der Waals surface area contributed by atoms with E-state index in [1.54, 1.807) is 0 Å². The molecule has 0 aliphatic rings. The van der Waals surface area contributed by atoms with Crippen LogP contribution in [0.25, 0.3) is 0 Å². The summed E-state index contributed by atoms with van der Waals surface area (Å²) in [5.41, 5.74) is -0.579. The second-order valence-corrected chi connectivity index (χ2v) is 3.57. The molecule has 0 heterocycles. The van der Waals surface area contributed by atoms with Crippen LogP contribution < -0.4 is 0 Å². The van der Waals surface area contributed by atoms with Gasteiger partial charge in [0.25, 0.3) is 0 Å². The van der Waals surface area contributed by atoms with Crippen LogP contribution in [0.3, 0.4) is 0 Å². The first-order chi connectivity index (χ1) is 9.43. The van der Waals surface area contributed by atoms with Gasteiger partial charge in [-0.1, -0.05) is 24.3 Å². The van der Waals surface area contributed by atoms with E-state index in [2.05, 4.69) is 0 Å². The predicted molar refractivity (Wildman–Crippen MR) is 66.7 cm³/mol. The van der Waals surface area contributed by atoms with Gasteiger partial charge in [-0.2, -0.15) is 0 Å². The van der Waals surface area contributed by atoms with E-state index in [0.717, 1.165) is 12.1 Å². The molecule has 20 heavy (non-hydrogen) atoms. The fourth-order valence-corrected chi connectivity index (χ4v) is 1.27. The number of halogens is 2. The summed E-state index contributed by atoms with van der Waals surface area (Å²) in [6, 6.07) is 10.5. The van der Waals surface area contributed by atoms with Gasteiger partial charge in [-0.05, 0) is 24.3 Å². The van der Waals surface area contributed by atoms with E-state index < -0.39 is 23.6 Å². The molecule has 0 aromatic heterocycles. The molecule has 0 saturated heterocycles. The Morgan fingerprint density at radius 1 is 0.700 bits per heavy atom. The number of hydrogen-bond donors (Lipinski definition) is 2. The minimum Gasteiger partial charge on any atom is -0.478 e. The molecule has 2 rings (SSSR count). The highest BCUT2D eigenvalue weighted by molar-refractivity contribution is 5.88. The molecular formula is C14H10F2O4. The molecule has 2 N–H and O–H groups in total. The fourth-order valence-electron chi connectivity index (χ4n) is 1.27. The van der Waals surface area contributed by atoms with Crippen LogP contribution >= 0.6 is 0 Å². The normalized spacial score (nSPS) is 9.30. The highest BCUT2D eigenvalue weighted by Crippen LogP contribution is 2.05. The number of benzene rings is 2. The number of carbonyl (C=O) groups is 2. The Morgan fingerprint density at radius 3 is 1.20 bits per heavy atom. The number of aromatic carboxylic acids is 2. The van der Waals surface area contributed by atoms with Crippen molar-refractivity contribution in [3.8, 4) is 0 Å². The summed E-state index contributed by atoms with van der Waals surface area (Å²) >= 11 is 0. The molecule has 0 unspecified atom stereocenters. The minimum absolute atomic E-state index is 0.289. The molecule has 2 aromatic rings. The zero-order chi connectivity index (χ0) is 15.1. The molecule has 0 aliphatic carbocycles. The van der Waals surface area contributed by atoms with Crippen molar-refractivity contribution in [2.45, 2.75) is 0 Å². The molecule has 0 spiro atoms. The Morgan fingerprint density at radius 2 is 1.00 bits per heavy atom. The number of carboxylic acid groups (broad SMARTS) is 2. The maximum Gasteiger partial charge on any atom is 0.338 e. The van der Waals surface area contributed by atoms with E-state index in [0.29, 0.717) is 0 Å². The van der Waals surface area contributed by atoms with Crippen LogP contribution in [0, 0.1) is 11.6 Å². The van der Waals surface area contributed by atoms with Crippen molar-refractivity contribution in [1.29, 1.82) is 0 Å². The second kappa shape index (κ2) is 6.98. The lowest BCUT2D eigenvalue weighted by molar-refractivity contribution is 0.0680. The molecule has 4 nitrogen and oxygen atoms in total. The van der Waals surface area contributed by atoms with Gasteiger partial charge in [-0.3, -0.25) is 0 Å². The number of rotatable bonds is 2. The van der Waals surface area contributed by atoms with E-state index >= 15 is 0 Å². The van der Waals surface area contributed by atoms with Gasteiger partial charge >= 0.3 is 11.9 Å². The largest absolute Gasteiger partial charge is 0.478 e. The highest BCUT2D eigenvalue weighted by atomic mass is 19.1. The lowest BCUT2D eigenvalue weighted by Gasteiger charge is -1.92. The molecule has 2 aromatic carbocycles. The van der Waals surface area contributed by atoms with Gasteiger partial charge in [-0.15, -0.1) is 0 Å². The monoisotopic (exact) mass is 280 g/mol. The zero-order valence-electron chi connectivity index (χ0n) is 10.1. The third-order valence-electron chi connectivity index (χ3n) is 2.21. The molecule has 0 aliphatic heterocycles. The topological polar surface area (TPSA) is 74.6 Å². The summed E-state index contributed by atoms with van der Waals surface area (Å²) in [5.74, 6) is -3.87. The summed E-state index contributed by atoms with van der Waals surface area (Å²) in [7, 11) is 0. The van der Waals surface area contributed by atoms with Crippen molar-refractivity contribution in [2.24, 2.45) is 0 Å². The molecular weight excluding hydrogens is 270 g/mol. The summed E-state index contributed by atoms with van der Waals surface area (Å²) < 4.78 is 24.9. The van der Waals surface area contributed by atoms with Gasteiger partial charge in [0.05, 0.1) is 11.1 Å². The Bertz CT molecular complexity index is 571. The molecule has 0 amide bonds. The Hall–Kier alpha value is -2.76. The minimum atomic E-state index is -1.24. The molecule has 0 radical (unpaired) electrons. The van der Waals surface area contributed by atoms with Crippen molar-refractivity contribution < 1.29 is 28.6 Å². The maximum atomic E-state index is 12.5. The Kier molecular flexibility index (Phi) is 5.34. The van der Waals surface area contributed by atoms with Crippen LogP contribution in [-0.4, -0.2) is 22.2 Å².